The normalized spacial score (nSPS) is 11.3. The molecule has 0 saturated heterocycles. The number of benzene rings is 2. The fraction of sp³-hybridized carbons (Fsp3) is 0.346. The summed E-state index contributed by atoms with van der Waals surface area (Å²) < 4.78 is 0. The molecule has 2 aromatic carbocycles. The molecule has 0 heterocycles. The van der Waals surface area contributed by atoms with E-state index in [0.29, 0.717) is 28.5 Å². The van der Waals surface area contributed by atoms with Gasteiger partial charge in [-0.3, -0.25) is 9.69 Å². The third kappa shape index (κ3) is 8.77. The Hall–Kier alpha value is -2.95. The lowest BCUT2D eigenvalue weighted by molar-refractivity contribution is -0.138. The predicted molar refractivity (Wildman–Crippen MR) is 137 cm³/mol. The van der Waals surface area contributed by atoms with Gasteiger partial charge in [0.1, 0.15) is 6.04 Å². The first-order valence-corrected chi connectivity index (χ1v) is 12.5. The van der Waals surface area contributed by atoms with E-state index in [0.717, 1.165) is 16.2 Å². The number of urea groups is 1. The van der Waals surface area contributed by atoms with Gasteiger partial charge in [-0.25, -0.2) is 9.59 Å². The van der Waals surface area contributed by atoms with Crippen LogP contribution in [0.1, 0.15) is 48.7 Å². The van der Waals surface area contributed by atoms with E-state index in [1.54, 1.807) is 42.5 Å². The summed E-state index contributed by atoms with van der Waals surface area (Å²) in [5, 5.41) is 12.6. The van der Waals surface area contributed by atoms with Crippen LogP contribution in [0.2, 0.25) is 5.02 Å². The minimum atomic E-state index is -1.13. The second-order valence-electron chi connectivity index (χ2n) is 8.07. The van der Waals surface area contributed by atoms with Gasteiger partial charge in [-0.2, -0.15) is 11.8 Å². The molecule has 0 spiro atoms. The number of carbonyl (C=O) groups excluding carboxylic acids is 2. The minimum absolute atomic E-state index is 0.161. The van der Waals surface area contributed by atoms with E-state index in [9.17, 15) is 19.5 Å². The smallest absolute Gasteiger partial charge is 0.327 e. The van der Waals surface area contributed by atoms with Gasteiger partial charge in [0.15, 0.2) is 0 Å². The minimum Gasteiger partial charge on any atom is -0.480 e. The first-order valence-electron chi connectivity index (χ1n) is 11.0. The van der Waals surface area contributed by atoms with E-state index in [1.807, 2.05) is 26.8 Å². The number of halogens is 1. The maximum atomic E-state index is 13.1. The largest absolute Gasteiger partial charge is 0.480 e. The molecule has 180 valence electrons. The molecule has 0 aliphatic heterocycles. The van der Waals surface area contributed by atoms with E-state index >= 15 is 0 Å². The molecular weight excluding hydrogens is 472 g/mol. The predicted octanol–water partition coefficient (Wildman–Crippen LogP) is 5.14. The van der Waals surface area contributed by atoms with Gasteiger partial charge in [-0.15, -0.1) is 0 Å². The lowest BCUT2D eigenvalue weighted by atomic mass is 10.1. The van der Waals surface area contributed by atoms with Gasteiger partial charge in [0.2, 0.25) is 0 Å². The quantitative estimate of drug-likeness (QED) is 0.465. The van der Waals surface area contributed by atoms with Crippen LogP contribution in [0.25, 0.3) is 0 Å². The third-order valence-corrected chi connectivity index (χ3v) is 6.26. The van der Waals surface area contributed by atoms with Crippen molar-refractivity contribution in [3.05, 3.63) is 70.2 Å². The molecule has 0 fully saturated rings. The van der Waals surface area contributed by atoms with Gasteiger partial charge in [-0.05, 0) is 54.5 Å². The van der Waals surface area contributed by atoms with Crippen molar-refractivity contribution in [2.24, 2.45) is 5.92 Å². The number of hydrogen-bond donors (Lipinski definition) is 2. The first-order chi connectivity index (χ1) is 16.2. The zero-order valence-electron chi connectivity index (χ0n) is 19.5. The highest BCUT2D eigenvalue weighted by Crippen LogP contribution is 2.13. The molecule has 0 bridgehead atoms. The first kappa shape index (κ1) is 27.3. The summed E-state index contributed by atoms with van der Waals surface area (Å²) in [5.41, 5.74) is 1.64. The highest BCUT2D eigenvalue weighted by atomic mass is 35.5. The van der Waals surface area contributed by atoms with Gasteiger partial charge in [0.05, 0.1) is 0 Å². The Bertz CT molecular complexity index is 1080. The van der Waals surface area contributed by atoms with E-state index < -0.39 is 23.9 Å². The number of carboxylic acid groups (broad SMARTS) is 1. The zero-order valence-corrected chi connectivity index (χ0v) is 21.1. The molecule has 2 aromatic rings. The maximum Gasteiger partial charge on any atom is 0.327 e. The Balaban J connectivity index is 2.17. The second-order valence-corrected chi connectivity index (χ2v) is 9.58. The second kappa shape index (κ2) is 13.7. The average molecular weight is 501 g/mol. The van der Waals surface area contributed by atoms with Crippen molar-refractivity contribution < 1.29 is 19.5 Å². The summed E-state index contributed by atoms with van der Waals surface area (Å²) >= 11 is 7.44. The number of imide groups is 1. The molecule has 0 unspecified atom stereocenters. The molecular formula is C26H29ClN2O4S. The lowest BCUT2D eigenvalue weighted by Crippen LogP contribution is -2.51. The highest BCUT2D eigenvalue weighted by molar-refractivity contribution is 7.99. The summed E-state index contributed by atoms with van der Waals surface area (Å²) in [5.74, 6) is 5.77. The number of thioether (sulfide) groups is 1. The number of nitrogens with zero attached hydrogens (tertiary/aromatic N) is 1. The Kier molecular flexibility index (Phi) is 11.0. The van der Waals surface area contributed by atoms with Crippen molar-refractivity contribution in [2.75, 3.05) is 18.1 Å². The summed E-state index contributed by atoms with van der Waals surface area (Å²) in [7, 11) is 0. The van der Waals surface area contributed by atoms with Gasteiger partial charge in [0.25, 0.3) is 5.91 Å². The SMILES string of the molecule is CCCN(C(=O)N[C@@H](CSCC(C)C)C(=O)O)C(=O)c1cccc(C#Cc2cccc(Cl)c2)c1. The molecule has 0 aliphatic rings. The van der Waals surface area contributed by atoms with Gasteiger partial charge in [0, 0.05) is 34.0 Å². The van der Waals surface area contributed by atoms with Gasteiger partial charge >= 0.3 is 12.0 Å². The average Bonchev–Trinajstić information content (AvgIpc) is 2.80. The van der Waals surface area contributed by atoms with Gasteiger partial charge < -0.3 is 10.4 Å². The lowest BCUT2D eigenvalue weighted by Gasteiger charge is -2.23. The molecule has 1 atom stereocenters. The van der Waals surface area contributed by atoms with Crippen LogP contribution in [0.3, 0.4) is 0 Å². The van der Waals surface area contributed by atoms with Crippen LogP contribution >= 0.6 is 23.4 Å². The van der Waals surface area contributed by atoms with Crippen LogP contribution < -0.4 is 5.32 Å². The van der Waals surface area contributed by atoms with E-state index in [1.165, 1.54) is 11.8 Å². The van der Waals surface area contributed by atoms with Crippen LogP contribution in [0, 0.1) is 17.8 Å². The molecule has 0 radical (unpaired) electrons. The Morgan fingerprint density at radius 2 is 1.71 bits per heavy atom. The summed E-state index contributed by atoms with van der Waals surface area (Å²) in [4.78, 5) is 38.7. The van der Waals surface area contributed by atoms with Crippen LogP contribution in [0.15, 0.2) is 48.5 Å². The van der Waals surface area contributed by atoms with Crippen molar-refractivity contribution in [3.63, 3.8) is 0 Å². The topological polar surface area (TPSA) is 86.7 Å². The van der Waals surface area contributed by atoms with Crippen molar-refractivity contribution in [1.29, 1.82) is 0 Å². The van der Waals surface area contributed by atoms with E-state index in [4.69, 9.17) is 11.6 Å². The number of carbonyl (C=O) groups is 3. The van der Waals surface area contributed by atoms with Crippen LogP contribution in [0.4, 0.5) is 4.79 Å². The Labute approximate surface area is 210 Å². The van der Waals surface area contributed by atoms with Crippen molar-refractivity contribution in [2.45, 2.75) is 33.2 Å². The van der Waals surface area contributed by atoms with Crippen molar-refractivity contribution >= 4 is 41.3 Å². The fourth-order valence-corrected chi connectivity index (χ4v) is 4.20. The Morgan fingerprint density at radius 3 is 2.29 bits per heavy atom. The molecule has 0 saturated carbocycles. The molecule has 2 N–H and O–H groups in total. The number of hydrogen-bond acceptors (Lipinski definition) is 4. The molecule has 0 aromatic heterocycles. The fourth-order valence-electron chi connectivity index (χ4n) is 2.94. The molecule has 3 amide bonds. The number of rotatable bonds is 9. The molecule has 2 rings (SSSR count). The standard InChI is InChI=1S/C26H29ClN2O4S/c1-4-13-29(26(33)28-23(25(31)32)17-34-16-18(2)3)24(30)21-9-5-7-19(14-21)11-12-20-8-6-10-22(27)15-20/h5-10,14-15,18,23H,4,13,16-17H2,1-3H3,(H,28,33)(H,31,32)/t23-/m0/s1. The number of carboxylic acids is 1. The summed E-state index contributed by atoms with van der Waals surface area (Å²) in [6.45, 7) is 6.08. The number of amides is 3. The van der Waals surface area contributed by atoms with Crippen LogP contribution in [-0.4, -0.2) is 52.0 Å². The summed E-state index contributed by atoms with van der Waals surface area (Å²) in [6.07, 6.45) is 0.535. The summed E-state index contributed by atoms with van der Waals surface area (Å²) in [6, 6.07) is 12.0. The van der Waals surface area contributed by atoms with Crippen molar-refractivity contribution in [3.8, 4) is 11.8 Å². The molecule has 6 nitrogen and oxygen atoms in total. The van der Waals surface area contributed by atoms with E-state index in [2.05, 4.69) is 17.2 Å². The maximum absolute atomic E-state index is 13.1. The van der Waals surface area contributed by atoms with Crippen molar-refractivity contribution in [1.82, 2.24) is 10.2 Å². The highest BCUT2D eigenvalue weighted by Gasteiger charge is 2.27. The molecule has 8 heteroatoms. The van der Waals surface area contributed by atoms with Crippen LogP contribution in [-0.2, 0) is 4.79 Å². The Morgan fingerprint density at radius 1 is 1.06 bits per heavy atom. The monoisotopic (exact) mass is 500 g/mol. The number of nitrogens with one attached hydrogen (secondary N) is 1. The third-order valence-electron chi connectivity index (χ3n) is 4.55. The molecule has 0 aliphatic carbocycles. The van der Waals surface area contributed by atoms with Crippen LogP contribution in [0.5, 0.6) is 0 Å². The van der Waals surface area contributed by atoms with E-state index in [-0.39, 0.29) is 12.3 Å². The number of aliphatic carboxylic acids is 1. The molecule has 34 heavy (non-hydrogen) atoms. The zero-order chi connectivity index (χ0) is 25.1. The van der Waals surface area contributed by atoms with Gasteiger partial charge in [-0.1, -0.05) is 56.3 Å².